The Balaban J connectivity index is 3.08. The van der Waals surface area contributed by atoms with Gasteiger partial charge in [-0.25, -0.2) is 0 Å². The first kappa shape index (κ1) is 38.7. The van der Waals surface area contributed by atoms with Crippen LogP contribution in [-0.4, -0.2) is 132 Å². The van der Waals surface area contributed by atoms with Crippen molar-refractivity contribution < 1.29 is 52.2 Å². The Bertz CT molecular complexity index is 543. The average molecular weight is 579 g/mol. The predicted octanol–water partition coefficient (Wildman–Crippen LogP) is 2.67. The Kier molecular flexibility index (Phi) is 34.5. The monoisotopic (exact) mass is 578 g/mol. The molecule has 0 unspecified atom stereocenters. The lowest BCUT2D eigenvalue weighted by Gasteiger charge is -2.09. The van der Waals surface area contributed by atoms with Crippen molar-refractivity contribution in [3.63, 3.8) is 0 Å². The first-order chi connectivity index (χ1) is 19.8. The third-order valence-electron chi connectivity index (χ3n) is 5.14. The van der Waals surface area contributed by atoms with Crippen LogP contribution >= 0.6 is 0 Å². The predicted molar refractivity (Wildman–Crippen MR) is 151 cm³/mol. The van der Waals surface area contributed by atoms with Crippen LogP contribution in [0.2, 0.25) is 0 Å². The van der Waals surface area contributed by atoms with Crippen molar-refractivity contribution in [3.8, 4) is 12.3 Å². The lowest BCUT2D eigenvalue weighted by molar-refractivity contribution is -0.145. The highest BCUT2D eigenvalue weighted by atomic mass is 16.6. The molecule has 11 heteroatoms. The molecule has 0 amide bonds. The summed E-state index contributed by atoms with van der Waals surface area (Å²) in [7, 11) is 0. The minimum absolute atomic E-state index is 0.147. The molecule has 0 aliphatic rings. The van der Waals surface area contributed by atoms with E-state index >= 15 is 0 Å². The van der Waals surface area contributed by atoms with Gasteiger partial charge in [0.05, 0.1) is 112 Å². The molecule has 0 saturated heterocycles. The van der Waals surface area contributed by atoms with Gasteiger partial charge in [0.25, 0.3) is 0 Å². The maximum absolute atomic E-state index is 11.6. The smallest absolute Gasteiger partial charge is 0.305 e. The molecule has 0 bridgehead atoms. The van der Waals surface area contributed by atoms with E-state index in [-0.39, 0.29) is 12.6 Å². The summed E-state index contributed by atoms with van der Waals surface area (Å²) in [4.78, 5) is 11.6. The Labute approximate surface area is 241 Å². The summed E-state index contributed by atoms with van der Waals surface area (Å²) >= 11 is 0. The summed E-state index contributed by atoms with van der Waals surface area (Å²) < 4.78 is 53.6. The molecule has 0 atom stereocenters. The fraction of sp³-hybridized carbons (Fsp3) is 0.897. The van der Waals surface area contributed by atoms with Gasteiger partial charge in [-0.1, -0.05) is 38.5 Å². The van der Waals surface area contributed by atoms with Gasteiger partial charge in [-0.3, -0.25) is 4.79 Å². The normalized spacial score (nSPS) is 11.1. The van der Waals surface area contributed by atoms with Crippen LogP contribution in [-0.2, 0) is 52.2 Å². The molecule has 0 aromatic carbocycles. The van der Waals surface area contributed by atoms with E-state index in [4.69, 9.17) is 53.8 Å². The van der Waals surface area contributed by atoms with E-state index in [0.717, 1.165) is 12.8 Å². The zero-order valence-electron chi connectivity index (χ0n) is 24.7. The van der Waals surface area contributed by atoms with Crippen LogP contribution in [0, 0.1) is 12.3 Å². The van der Waals surface area contributed by atoms with E-state index in [1.165, 1.54) is 19.3 Å². The number of hydrogen-bond acceptors (Lipinski definition) is 11. The highest BCUT2D eigenvalue weighted by Gasteiger charge is 2.02. The Morgan fingerprint density at radius 3 is 1.15 bits per heavy atom. The van der Waals surface area contributed by atoms with Gasteiger partial charge in [0.1, 0.15) is 13.2 Å². The van der Waals surface area contributed by atoms with E-state index in [1.54, 1.807) is 0 Å². The van der Waals surface area contributed by atoms with Crippen molar-refractivity contribution in [2.45, 2.75) is 45.4 Å². The number of unbranched alkanes of at least 4 members (excludes halogenated alkanes) is 4. The molecule has 236 valence electrons. The second-order valence-corrected chi connectivity index (χ2v) is 8.54. The lowest BCUT2D eigenvalue weighted by Crippen LogP contribution is -2.15. The number of esters is 1. The molecule has 0 aliphatic carbocycles. The Morgan fingerprint density at radius 2 is 0.800 bits per heavy atom. The van der Waals surface area contributed by atoms with Crippen molar-refractivity contribution in [1.29, 1.82) is 0 Å². The maximum Gasteiger partial charge on any atom is 0.305 e. The summed E-state index contributed by atoms with van der Waals surface area (Å²) in [6.07, 6.45) is 11.2. The van der Waals surface area contributed by atoms with Gasteiger partial charge in [0.2, 0.25) is 0 Å². The highest BCUT2D eigenvalue weighted by Crippen LogP contribution is 2.05. The lowest BCUT2D eigenvalue weighted by atomic mass is 10.1. The van der Waals surface area contributed by atoms with Crippen LogP contribution in [0.3, 0.4) is 0 Å². The van der Waals surface area contributed by atoms with Crippen LogP contribution in [0.15, 0.2) is 0 Å². The molecule has 0 saturated carbocycles. The largest absolute Gasteiger partial charge is 0.463 e. The summed E-state index contributed by atoms with van der Waals surface area (Å²) in [5.74, 6) is 2.25. The van der Waals surface area contributed by atoms with E-state index in [0.29, 0.717) is 125 Å². The van der Waals surface area contributed by atoms with Gasteiger partial charge in [-0.2, -0.15) is 0 Å². The highest BCUT2D eigenvalue weighted by molar-refractivity contribution is 5.69. The van der Waals surface area contributed by atoms with Crippen molar-refractivity contribution >= 4 is 5.97 Å². The molecule has 0 radical (unpaired) electrons. The van der Waals surface area contributed by atoms with Gasteiger partial charge >= 0.3 is 5.97 Å². The summed E-state index contributed by atoms with van der Waals surface area (Å²) in [5, 5.41) is 0. The van der Waals surface area contributed by atoms with E-state index in [9.17, 15) is 4.79 Å². The maximum atomic E-state index is 11.6. The molecule has 0 heterocycles. The molecule has 0 N–H and O–H groups in total. The van der Waals surface area contributed by atoms with Crippen LogP contribution in [0.1, 0.15) is 45.4 Å². The number of carbonyl (C=O) groups is 1. The van der Waals surface area contributed by atoms with Gasteiger partial charge in [0.15, 0.2) is 0 Å². The summed E-state index contributed by atoms with van der Waals surface area (Å²) in [6, 6.07) is 0. The number of terminal acetylenes is 1. The third-order valence-corrected chi connectivity index (χ3v) is 5.14. The summed E-state index contributed by atoms with van der Waals surface area (Å²) in [6.45, 7) is 11.1. The zero-order chi connectivity index (χ0) is 29.0. The molecular formula is C29H54O11. The van der Waals surface area contributed by atoms with Crippen molar-refractivity contribution in [2.24, 2.45) is 0 Å². The van der Waals surface area contributed by atoms with Gasteiger partial charge in [-0.05, 0) is 6.42 Å². The third kappa shape index (κ3) is 34.7. The molecule has 40 heavy (non-hydrogen) atoms. The van der Waals surface area contributed by atoms with Crippen LogP contribution in [0.4, 0.5) is 0 Å². The van der Waals surface area contributed by atoms with Gasteiger partial charge in [0, 0.05) is 6.42 Å². The Morgan fingerprint density at radius 1 is 0.475 bits per heavy atom. The van der Waals surface area contributed by atoms with Crippen molar-refractivity contribution in [3.05, 3.63) is 0 Å². The Hall–Kier alpha value is -1.33. The fourth-order valence-electron chi connectivity index (χ4n) is 3.05. The van der Waals surface area contributed by atoms with Crippen LogP contribution in [0.25, 0.3) is 0 Å². The average Bonchev–Trinajstić information content (AvgIpc) is 2.96. The number of rotatable bonds is 34. The second kappa shape index (κ2) is 35.7. The molecule has 0 aromatic heterocycles. The topological polar surface area (TPSA) is 109 Å². The molecule has 0 aliphatic heterocycles. The summed E-state index contributed by atoms with van der Waals surface area (Å²) in [5.41, 5.74) is 0. The van der Waals surface area contributed by atoms with E-state index in [1.807, 2.05) is 0 Å². The number of hydrogen-bond donors (Lipinski definition) is 0. The van der Waals surface area contributed by atoms with Gasteiger partial charge < -0.3 is 47.4 Å². The molecule has 0 spiro atoms. The standard InChI is InChI=1S/C29H54O11/c1-3-5-6-7-8-9-29(30)40-28-27-39-26-25-38-24-23-37-22-21-36-20-19-35-18-17-34-16-15-33-14-13-32-12-11-31-10-4-2/h2H,3,5-28H2,1H3. The molecule has 11 nitrogen and oxygen atoms in total. The number of carbonyl (C=O) groups excluding carboxylic acids is 1. The fourth-order valence-corrected chi connectivity index (χ4v) is 3.05. The molecule has 0 fully saturated rings. The molecule has 0 rings (SSSR count). The first-order valence-electron chi connectivity index (χ1n) is 14.6. The first-order valence-corrected chi connectivity index (χ1v) is 14.6. The minimum atomic E-state index is -0.147. The quantitative estimate of drug-likeness (QED) is 0.0639. The van der Waals surface area contributed by atoms with Crippen LogP contribution in [0.5, 0.6) is 0 Å². The zero-order valence-corrected chi connectivity index (χ0v) is 24.7. The molecular weight excluding hydrogens is 524 g/mol. The minimum Gasteiger partial charge on any atom is -0.463 e. The number of ether oxygens (including phenoxy) is 10. The van der Waals surface area contributed by atoms with E-state index < -0.39 is 0 Å². The van der Waals surface area contributed by atoms with Crippen molar-refractivity contribution in [2.75, 3.05) is 126 Å². The van der Waals surface area contributed by atoms with Gasteiger partial charge in [-0.15, -0.1) is 6.42 Å². The van der Waals surface area contributed by atoms with E-state index in [2.05, 4.69) is 12.8 Å². The molecule has 0 aromatic rings. The SMILES string of the molecule is C#CCOCCOCCOCCOCCOCCOCCOCCOCCOCCOC(=O)CCCCCCC. The van der Waals surface area contributed by atoms with Crippen molar-refractivity contribution in [1.82, 2.24) is 0 Å². The second-order valence-electron chi connectivity index (χ2n) is 8.54. The van der Waals surface area contributed by atoms with Crippen LogP contribution < -0.4 is 0 Å².